The van der Waals surface area contributed by atoms with E-state index in [0.29, 0.717) is 13.0 Å². The van der Waals surface area contributed by atoms with E-state index in [2.05, 4.69) is 10.6 Å². The van der Waals surface area contributed by atoms with E-state index in [0.717, 1.165) is 16.2 Å². The second-order valence-corrected chi connectivity index (χ2v) is 6.64. The average molecular weight is 330 g/mol. The van der Waals surface area contributed by atoms with Crippen LogP contribution < -0.4 is 15.4 Å². The van der Waals surface area contributed by atoms with Crippen LogP contribution >= 0.6 is 11.3 Å². The maximum absolute atomic E-state index is 11.8. The number of nitrogens with one attached hydrogen (secondary N) is 2. The Morgan fingerprint density at radius 2 is 2.22 bits per heavy atom. The summed E-state index contributed by atoms with van der Waals surface area (Å²) in [5, 5.41) is 8.24. The number of thiophene rings is 1. The van der Waals surface area contributed by atoms with Crippen molar-refractivity contribution in [1.29, 1.82) is 0 Å². The lowest BCUT2D eigenvalue weighted by atomic mass is 9.92. The molecule has 1 fully saturated rings. The molecule has 2 atom stereocenters. The van der Waals surface area contributed by atoms with Crippen LogP contribution in [0, 0.1) is 0 Å². The molecule has 1 aromatic heterocycles. The number of ketones is 1. The predicted octanol–water partition coefficient (Wildman–Crippen LogP) is 1.84. The van der Waals surface area contributed by atoms with Gasteiger partial charge < -0.3 is 4.74 Å². The normalized spacial score (nSPS) is 23.6. The number of carbonyl (C=O) groups is 2. The Balaban J connectivity index is 1.78. The Kier molecular flexibility index (Phi) is 4.56. The van der Waals surface area contributed by atoms with Crippen LogP contribution in [0.5, 0.6) is 5.75 Å². The molecule has 0 spiro atoms. The zero-order valence-electron chi connectivity index (χ0n) is 12.7. The largest absolute Gasteiger partial charge is 0.491 e. The van der Waals surface area contributed by atoms with E-state index in [9.17, 15) is 9.59 Å². The third-order valence-corrected chi connectivity index (χ3v) is 4.94. The lowest BCUT2D eigenvalue weighted by molar-refractivity contribution is -0.132. The molecular weight excluding hydrogens is 312 g/mol. The van der Waals surface area contributed by atoms with Crippen LogP contribution in [0.3, 0.4) is 0 Å². The summed E-state index contributed by atoms with van der Waals surface area (Å²) in [7, 11) is 0. The standard InChI is InChI=1S/C17H18N2O3S/c1-17(16(13(21)9-20)18-11-19-17)10-22-14-6-3-2-5-12(14)15-7-4-8-23-15/h2-9,16,18-19H,10-11H2,1H3. The molecule has 3 rings (SSSR count). The predicted molar refractivity (Wildman–Crippen MR) is 89.7 cm³/mol. The van der Waals surface area contributed by atoms with E-state index in [4.69, 9.17) is 4.74 Å². The summed E-state index contributed by atoms with van der Waals surface area (Å²) in [6.07, 6.45) is 0.364. The summed E-state index contributed by atoms with van der Waals surface area (Å²) in [5.41, 5.74) is 0.399. The van der Waals surface area contributed by atoms with E-state index in [1.807, 2.05) is 48.7 Å². The van der Waals surface area contributed by atoms with Crippen molar-refractivity contribution in [2.45, 2.75) is 18.5 Å². The van der Waals surface area contributed by atoms with E-state index in [1.165, 1.54) is 0 Å². The van der Waals surface area contributed by atoms with Crippen LogP contribution in [-0.2, 0) is 9.59 Å². The van der Waals surface area contributed by atoms with Crippen molar-refractivity contribution in [3.63, 3.8) is 0 Å². The first-order valence-corrected chi connectivity index (χ1v) is 8.25. The highest BCUT2D eigenvalue weighted by Crippen LogP contribution is 2.33. The molecule has 0 bridgehead atoms. The first-order valence-electron chi connectivity index (χ1n) is 7.37. The van der Waals surface area contributed by atoms with E-state index >= 15 is 0 Å². The van der Waals surface area contributed by atoms with Gasteiger partial charge in [0, 0.05) is 17.1 Å². The van der Waals surface area contributed by atoms with Crippen LogP contribution in [0.25, 0.3) is 10.4 Å². The number of ether oxygens (including phenoxy) is 1. The van der Waals surface area contributed by atoms with Crippen molar-refractivity contribution in [2.75, 3.05) is 13.3 Å². The van der Waals surface area contributed by atoms with Crippen LogP contribution in [0.4, 0.5) is 0 Å². The van der Waals surface area contributed by atoms with Crippen LogP contribution in [0.15, 0.2) is 41.8 Å². The molecule has 0 amide bonds. The molecule has 0 radical (unpaired) electrons. The maximum Gasteiger partial charge on any atom is 0.214 e. The molecule has 1 aromatic carbocycles. The molecule has 120 valence electrons. The van der Waals surface area contributed by atoms with Gasteiger partial charge in [0.25, 0.3) is 0 Å². The molecule has 1 aliphatic rings. The van der Waals surface area contributed by atoms with Crippen molar-refractivity contribution >= 4 is 23.4 Å². The van der Waals surface area contributed by atoms with E-state index in [1.54, 1.807) is 11.3 Å². The number of aldehydes is 1. The van der Waals surface area contributed by atoms with Gasteiger partial charge in [-0.15, -0.1) is 11.3 Å². The smallest absolute Gasteiger partial charge is 0.214 e. The second-order valence-electron chi connectivity index (χ2n) is 5.69. The maximum atomic E-state index is 11.8. The molecule has 2 aromatic rings. The number of benzene rings is 1. The summed E-state index contributed by atoms with van der Waals surface area (Å²) >= 11 is 1.65. The number of rotatable bonds is 6. The molecule has 5 nitrogen and oxygen atoms in total. The fourth-order valence-corrected chi connectivity index (χ4v) is 3.51. The Bertz CT molecular complexity index is 702. The third-order valence-electron chi connectivity index (χ3n) is 4.04. The SMILES string of the molecule is CC1(COc2ccccc2-c2cccs2)NCNC1C(=O)C=O. The number of hydrogen-bond donors (Lipinski definition) is 2. The first kappa shape index (κ1) is 15.9. The van der Waals surface area contributed by atoms with Crippen molar-refractivity contribution in [3.05, 3.63) is 41.8 Å². The number of para-hydroxylation sites is 1. The Labute approximate surface area is 138 Å². The molecule has 2 N–H and O–H groups in total. The fourth-order valence-electron chi connectivity index (χ4n) is 2.75. The topological polar surface area (TPSA) is 67.4 Å². The number of Topliss-reactive ketones (excluding diaryl/α,β-unsaturated/α-hetero) is 1. The molecule has 6 heteroatoms. The molecule has 2 heterocycles. The highest BCUT2D eigenvalue weighted by molar-refractivity contribution is 7.13. The lowest BCUT2D eigenvalue weighted by Gasteiger charge is -2.29. The minimum Gasteiger partial charge on any atom is -0.491 e. The molecule has 0 aliphatic carbocycles. The monoisotopic (exact) mass is 330 g/mol. The summed E-state index contributed by atoms with van der Waals surface area (Å²) in [5.74, 6) is 0.301. The van der Waals surface area contributed by atoms with Gasteiger partial charge in [-0.3, -0.25) is 20.2 Å². The second kappa shape index (κ2) is 6.62. The molecule has 0 saturated carbocycles. The fraction of sp³-hybridized carbons (Fsp3) is 0.294. The van der Waals surface area contributed by atoms with Gasteiger partial charge in [-0.2, -0.15) is 0 Å². The minimum atomic E-state index is -0.624. The Morgan fingerprint density at radius 1 is 1.39 bits per heavy atom. The van der Waals surface area contributed by atoms with Gasteiger partial charge in [-0.1, -0.05) is 18.2 Å². The highest BCUT2D eigenvalue weighted by Gasteiger charge is 2.43. The quantitative estimate of drug-likeness (QED) is 0.625. The minimum absolute atomic E-state index is 0.284. The third kappa shape index (κ3) is 3.19. The van der Waals surface area contributed by atoms with Crippen molar-refractivity contribution in [2.24, 2.45) is 0 Å². The van der Waals surface area contributed by atoms with Crippen LogP contribution in [-0.4, -0.2) is 36.9 Å². The van der Waals surface area contributed by atoms with E-state index in [-0.39, 0.29) is 6.61 Å². The Morgan fingerprint density at radius 3 is 2.96 bits per heavy atom. The van der Waals surface area contributed by atoms with Crippen LogP contribution in [0.2, 0.25) is 0 Å². The molecule has 1 saturated heterocycles. The molecule has 1 aliphatic heterocycles. The lowest BCUT2D eigenvalue weighted by Crippen LogP contribution is -2.55. The summed E-state index contributed by atoms with van der Waals surface area (Å²) in [6.45, 7) is 2.64. The number of carbonyl (C=O) groups excluding carboxylic acids is 2. The summed E-state index contributed by atoms with van der Waals surface area (Å²) in [6, 6.07) is 11.3. The van der Waals surface area contributed by atoms with Gasteiger partial charge >= 0.3 is 0 Å². The van der Waals surface area contributed by atoms with Gasteiger partial charge in [0.1, 0.15) is 12.4 Å². The zero-order chi connectivity index (χ0) is 16.3. The number of hydrogen-bond acceptors (Lipinski definition) is 6. The molecule has 23 heavy (non-hydrogen) atoms. The first-order chi connectivity index (χ1) is 11.1. The summed E-state index contributed by atoms with van der Waals surface area (Å²) < 4.78 is 6.01. The van der Waals surface area contributed by atoms with Gasteiger partial charge in [0.2, 0.25) is 5.78 Å². The summed E-state index contributed by atoms with van der Waals surface area (Å²) in [4.78, 5) is 23.7. The average Bonchev–Trinajstić information content (AvgIpc) is 3.23. The van der Waals surface area contributed by atoms with E-state index < -0.39 is 17.4 Å². The zero-order valence-corrected chi connectivity index (χ0v) is 13.6. The highest BCUT2D eigenvalue weighted by atomic mass is 32.1. The van der Waals surface area contributed by atoms with Crippen molar-refractivity contribution in [1.82, 2.24) is 10.6 Å². The van der Waals surface area contributed by atoms with Crippen molar-refractivity contribution in [3.8, 4) is 16.2 Å². The van der Waals surface area contributed by atoms with Crippen LogP contribution in [0.1, 0.15) is 6.92 Å². The van der Waals surface area contributed by atoms with Gasteiger partial charge in [-0.25, -0.2) is 0 Å². The Hall–Kier alpha value is -2.02. The van der Waals surface area contributed by atoms with Gasteiger partial charge in [0.05, 0.1) is 11.6 Å². The molecular formula is C17H18N2O3S. The van der Waals surface area contributed by atoms with Gasteiger partial charge in [-0.05, 0) is 30.5 Å². The van der Waals surface area contributed by atoms with Crippen molar-refractivity contribution < 1.29 is 14.3 Å². The van der Waals surface area contributed by atoms with Gasteiger partial charge in [0.15, 0.2) is 6.29 Å². The molecule has 2 unspecified atom stereocenters.